The van der Waals surface area contributed by atoms with Gasteiger partial charge < -0.3 is 10.2 Å². The molecular weight excluding hydrogens is 166 g/mol. The zero-order valence-corrected chi connectivity index (χ0v) is 7.20. The molecule has 0 fully saturated rings. The largest absolute Gasteiger partial charge is 0.440 e. The van der Waals surface area contributed by atoms with Crippen molar-refractivity contribution < 1.29 is 4.42 Å². The minimum absolute atomic E-state index is 0.0562. The summed E-state index contributed by atoms with van der Waals surface area (Å²) >= 11 is 0. The number of hydrogen-bond acceptors (Lipinski definition) is 3. The second-order valence-corrected chi connectivity index (χ2v) is 2.92. The van der Waals surface area contributed by atoms with Crippen LogP contribution in [0.25, 0.3) is 11.0 Å². The maximum atomic E-state index is 11.6. The first-order chi connectivity index (χ1) is 6.20. The molecule has 0 radical (unpaired) electrons. The first-order valence-electron chi connectivity index (χ1n) is 3.98. The second kappa shape index (κ2) is 2.62. The molecule has 0 saturated heterocycles. The van der Waals surface area contributed by atoms with Crippen molar-refractivity contribution in [1.82, 2.24) is 0 Å². The standard InChI is InChI=1S/C10H9NO2/c1-6-9(12)7-4-2-3-5-8(7)13-10(6)11/h2-5H,11H2,1H3. The van der Waals surface area contributed by atoms with Crippen LogP contribution in [0, 0.1) is 6.92 Å². The zero-order valence-electron chi connectivity index (χ0n) is 7.20. The van der Waals surface area contributed by atoms with Crippen molar-refractivity contribution in [3.8, 4) is 0 Å². The van der Waals surface area contributed by atoms with Gasteiger partial charge in [0.05, 0.1) is 10.9 Å². The van der Waals surface area contributed by atoms with E-state index in [9.17, 15) is 4.79 Å². The molecule has 2 aromatic rings. The van der Waals surface area contributed by atoms with Crippen LogP contribution in [0.4, 0.5) is 5.88 Å². The van der Waals surface area contributed by atoms with E-state index < -0.39 is 0 Å². The van der Waals surface area contributed by atoms with Gasteiger partial charge in [-0.3, -0.25) is 4.79 Å². The topological polar surface area (TPSA) is 56.2 Å². The van der Waals surface area contributed by atoms with Crippen molar-refractivity contribution in [2.24, 2.45) is 0 Å². The second-order valence-electron chi connectivity index (χ2n) is 2.92. The molecule has 0 unspecified atom stereocenters. The van der Waals surface area contributed by atoms with Crippen LogP contribution in [0.2, 0.25) is 0 Å². The Morgan fingerprint density at radius 3 is 2.77 bits per heavy atom. The Hall–Kier alpha value is -1.77. The van der Waals surface area contributed by atoms with Gasteiger partial charge in [-0.25, -0.2) is 0 Å². The molecule has 0 aliphatic heterocycles. The normalized spacial score (nSPS) is 10.5. The van der Waals surface area contributed by atoms with Gasteiger partial charge in [0, 0.05) is 0 Å². The van der Waals surface area contributed by atoms with E-state index in [0.29, 0.717) is 16.5 Å². The van der Waals surface area contributed by atoms with Crippen LogP contribution in [0.15, 0.2) is 33.5 Å². The summed E-state index contributed by atoms with van der Waals surface area (Å²) in [5.41, 5.74) is 6.47. The molecule has 1 aromatic carbocycles. The molecule has 0 aliphatic carbocycles. The van der Waals surface area contributed by atoms with E-state index in [-0.39, 0.29) is 11.3 Å². The highest BCUT2D eigenvalue weighted by Crippen LogP contribution is 2.15. The molecule has 1 heterocycles. The Labute approximate surface area is 74.8 Å². The average molecular weight is 175 g/mol. The predicted molar refractivity (Wildman–Crippen MR) is 51.6 cm³/mol. The van der Waals surface area contributed by atoms with Crippen molar-refractivity contribution in [1.29, 1.82) is 0 Å². The Morgan fingerprint density at radius 1 is 1.31 bits per heavy atom. The molecule has 2 N–H and O–H groups in total. The number of fused-ring (bicyclic) bond motifs is 1. The molecule has 0 atom stereocenters. The summed E-state index contributed by atoms with van der Waals surface area (Å²) in [6, 6.07) is 7.06. The fraction of sp³-hybridized carbons (Fsp3) is 0.100. The number of anilines is 1. The lowest BCUT2D eigenvalue weighted by Crippen LogP contribution is -2.08. The molecule has 66 valence electrons. The van der Waals surface area contributed by atoms with Crippen molar-refractivity contribution in [3.05, 3.63) is 40.1 Å². The minimum atomic E-state index is -0.0562. The highest BCUT2D eigenvalue weighted by atomic mass is 16.3. The highest BCUT2D eigenvalue weighted by Gasteiger charge is 2.06. The van der Waals surface area contributed by atoms with Crippen LogP contribution in [0.1, 0.15) is 5.56 Å². The van der Waals surface area contributed by atoms with Crippen LogP contribution in [0.5, 0.6) is 0 Å². The van der Waals surface area contributed by atoms with Gasteiger partial charge in [0.25, 0.3) is 0 Å². The maximum Gasteiger partial charge on any atom is 0.197 e. The lowest BCUT2D eigenvalue weighted by Gasteiger charge is -2.00. The van der Waals surface area contributed by atoms with E-state index >= 15 is 0 Å². The van der Waals surface area contributed by atoms with Gasteiger partial charge in [0.15, 0.2) is 11.3 Å². The van der Waals surface area contributed by atoms with Crippen molar-refractivity contribution >= 4 is 16.9 Å². The maximum absolute atomic E-state index is 11.6. The quantitative estimate of drug-likeness (QED) is 0.662. The summed E-state index contributed by atoms with van der Waals surface area (Å²) in [5, 5.41) is 0.578. The molecule has 0 saturated carbocycles. The number of hydrogen-bond donors (Lipinski definition) is 1. The molecule has 0 amide bonds. The fourth-order valence-corrected chi connectivity index (χ4v) is 1.25. The zero-order chi connectivity index (χ0) is 9.42. The minimum Gasteiger partial charge on any atom is -0.440 e. The van der Waals surface area contributed by atoms with Crippen LogP contribution in [0.3, 0.4) is 0 Å². The summed E-state index contributed by atoms with van der Waals surface area (Å²) in [7, 11) is 0. The van der Waals surface area contributed by atoms with E-state index in [1.54, 1.807) is 31.2 Å². The Morgan fingerprint density at radius 2 is 2.00 bits per heavy atom. The lowest BCUT2D eigenvalue weighted by atomic mass is 10.2. The lowest BCUT2D eigenvalue weighted by molar-refractivity contribution is 0.620. The van der Waals surface area contributed by atoms with Gasteiger partial charge in [0.2, 0.25) is 0 Å². The third-order valence-electron chi connectivity index (χ3n) is 2.06. The number of para-hydroxylation sites is 1. The molecule has 0 aliphatic rings. The third-order valence-corrected chi connectivity index (χ3v) is 2.06. The Bertz CT molecular complexity index is 514. The number of benzene rings is 1. The molecule has 13 heavy (non-hydrogen) atoms. The van der Waals surface area contributed by atoms with Gasteiger partial charge in [0.1, 0.15) is 5.58 Å². The molecule has 3 heteroatoms. The average Bonchev–Trinajstić information content (AvgIpc) is 2.15. The number of rotatable bonds is 0. The molecule has 0 bridgehead atoms. The van der Waals surface area contributed by atoms with Gasteiger partial charge in [-0.2, -0.15) is 0 Å². The summed E-state index contributed by atoms with van der Waals surface area (Å²) in [6.45, 7) is 1.66. The fourth-order valence-electron chi connectivity index (χ4n) is 1.25. The monoisotopic (exact) mass is 175 g/mol. The van der Waals surface area contributed by atoms with Crippen LogP contribution in [-0.4, -0.2) is 0 Å². The number of nitrogens with two attached hydrogens (primary N) is 1. The van der Waals surface area contributed by atoms with Crippen LogP contribution >= 0.6 is 0 Å². The predicted octanol–water partition coefficient (Wildman–Crippen LogP) is 1.68. The molecule has 3 nitrogen and oxygen atoms in total. The molecule has 1 aromatic heterocycles. The first-order valence-corrected chi connectivity index (χ1v) is 3.98. The molecule has 2 rings (SSSR count). The van der Waals surface area contributed by atoms with E-state index in [1.165, 1.54) is 0 Å². The van der Waals surface area contributed by atoms with Gasteiger partial charge in [-0.15, -0.1) is 0 Å². The summed E-state index contributed by atoms with van der Waals surface area (Å²) in [4.78, 5) is 11.6. The summed E-state index contributed by atoms with van der Waals surface area (Å²) in [5.74, 6) is 0.198. The van der Waals surface area contributed by atoms with E-state index in [4.69, 9.17) is 10.2 Å². The Kier molecular flexibility index (Phi) is 1.59. The van der Waals surface area contributed by atoms with E-state index in [1.807, 2.05) is 0 Å². The van der Waals surface area contributed by atoms with E-state index in [2.05, 4.69) is 0 Å². The highest BCUT2D eigenvalue weighted by molar-refractivity contribution is 5.78. The van der Waals surface area contributed by atoms with Gasteiger partial charge in [-0.1, -0.05) is 12.1 Å². The smallest absolute Gasteiger partial charge is 0.197 e. The third kappa shape index (κ3) is 1.09. The molecular formula is C10H9NO2. The summed E-state index contributed by atoms with van der Waals surface area (Å²) < 4.78 is 5.25. The van der Waals surface area contributed by atoms with Gasteiger partial charge >= 0.3 is 0 Å². The molecule has 0 spiro atoms. The number of nitrogen functional groups attached to an aromatic ring is 1. The summed E-state index contributed by atoms with van der Waals surface area (Å²) in [6.07, 6.45) is 0. The Balaban J connectivity index is 3.03. The van der Waals surface area contributed by atoms with E-state index in [0.717, 1.165) is 0 Å². The van der Waals surface area contributed by atoms with Gasteiger partial charge in [-0.05, 0) is 19.1 Å². The van der Waals surface area contributed by atoms with Crippen molar-refractivity contribution in [2.75, 3.05) is 5.73 Å². The first kappa shape index (κ1) is 7.86. The van der Waals surface area contributed by atoms with Crippen LogP contribution in [-0.2, 0) is 0 Å². The van der Waals surface area contributed by atoms with Crippen molar-refractivity contribution in [2.45, 2.75) is 6.92 Å². The van der Waals surface area contributed by atoms with Crippen molar-refractivity contribution in [3.63, 3.8) is 0 Å². The SMILES string of the molecule is Cc1c(N)oc2ccccc2c1=O. The van der Waals surface area contributed by atoms with Crippen LogP contribution < -0.4 is 11.2 Å².